The van der Waals surface area contributed by atoms with E-state index in [0.29, 0.717) is 24.7 Å². The van der Waals surface area contributed by atoms with Gasteiger partial charge in [0.1, 0.15) is 6.10 Å². The molecule has 1 N–H and O–H groups in total. The Morgan fingerprint density at radius 1 is 1.23 bits per heavy atom. The Hall–Kier alpha value is -1.92. The summed E-state index contributed by atoms with van der Waals surface area (Å²) in [4.78, 5) is 7.95. The van der Waals surface area contributed by atoms with E-state index >= 15 is 0 Å². The fraction of sp³-hybridized carbons (Fsp3) is 0.480. The Balaban J connectivity index is 1.64. The van der Waals surface area contributed by atoms with Crippen LogP contribution in [0.1, 0.15) is 43.9 Å². The third-order valence-corrected chi connectivity index (χ3v) is 5.36. The molecule has 2 aromatic rings. The molecule has 2 atom stereocenters. The van der Waals surface area contributed by atoms with Crippen molar-refractivity contribution in [2.75, 3.05) is 19.7 Å². The summed E-state index contributed by atoms with van der Waals surface area (Å²) >= 11 is 6.18. The van der Waals surface area contributed by atoms with Gasteiger partial charge in [-0.2, -0.15) is 0 Å². The molecule has 0 aliphatic carbocycles. The normalized spacial score (nSPS) is 17.5. The smallest absolute Gasteiger partial charge is 0.145 e. The minimum absolute atomic E-state index is 0.0653. The van der Waals surface area contributed by atoms with Gasteiger partial charge in [-0.05, 0) is 51.0 Å². The lowest BCUT2D eigenvalue weighted by molar-refractivity contribution is -0.0600. The zero-order valence-electron chi connectivity index (χ0n) is 18.8. The van der Waals surface area contributed by atoms with Crippen LogP contribution >= 0.6 is 11.6 Å². The maximum atomic E-state index is 10.6. The van der Waals surface area contributed by atoms with Crippen molar-refractivity contribution in [1.82, 2.24) is 4.90 Å². The number of hydrogen-bond acceptors (Lipinski definition) is 5. The average Bonchev–Trinajstić information content (AvgIpc) is 3.14. The third-order valence-electron chi connectivity index (χ3n) is 5.12. The number of hydrogen-bond donors (Lipinski definition) is 1. The number of aryl methyl sites for hydroxylation is 1. The second-order valence-electron chi connectivity index (χ2n) is 9.19. The number of nitrogens with zero attached hydrogens (tertiary/aromatic N) is 2. The molecule has 6 heteroatoms. The van der Waals surface area contributed by atoms with Crippen molar-refractivity contribution in [1.29, 1.82) is 0 Å². The highest BCUT2D eigenvalue weighted by atomic mass is 35.5. The van der Waals surface area contributed by atoms with Crippen molar-refractivity contribution in [3.63, 3.8) is 0 Å². The summed E-state index contributed by atoms with van der Waals surface area (Å²) in [6, 6.07) is 16.0. The Morgan fingerprint density at radius 3 is 2.71 bits per heavy atom. The van der Waals surface area contributed by atoms with Gasteiger partial charge in [0.15, 0.2) is 0 Å². The zero-order chi connectivity index (χ0) is 22.4. The Morgan fingerprint density at radius 2 is 2.00 bits per heavy atom. The van der Waals surface area contributed by atoms with Gasteiger partial charge in [0.05, 0.1) is 24.0 Å². The standard InChI is InChI=1S/C25H33ClN2O3/c1-18-8-5-6-11-23(18)24-13-22(31-27-24)16-28(14-19-9-7-10-20(26)12-19)15-21(29)17-30-25(2,3)4/h5-12,21-22,29H,13-17H2,1-4H3/t21-,22+/m1/s1. The molecule has 0 saturated carbocycles. The predicted octanol–water partition coefficient (Wildman–Crippen LogP) is 4.82. The molecular weight excluding hydrogens is 412 g/mol. The fourth-order valence-corrected chi connectivity index (χ4v) is 3.88. The largest absolute Gasteiger partial charge is 0.390 e. The van der Waals surface area contributed by atoms with Gasteiger partial charge in [-0.3, -0.25) is 4.90 Å². The number of benzene rings is 2. The van der Waals surface area contributed by atoms with Crippen LogP contribution in [0, 0.1) is 6.92 Å². The van der Waals surface area contributed by atoms with Crippen LogP contribution in [0.4, 0.5) is 0 Å². The van der Waals surface area contributed by atoms with Crippen molar-refractivity contribution in [3.05, 3.63) is 70.2 Å². The number of aliphatic hydroxyl groups is 1. The van der Waals surface area contributed by atoms with E-state index in [2.05, 4.69) is 29.1 Å². The molecule has 31 heavy (non-hydrogen) atoms. The van der Waals surface area contributed by atoms with Gasteiger partial charge in [0.2, 0.25) is 0 Å². The monoisotopic (exact) mass is 444 g/mol. The molecule has 2 aromatic carbocycles. The maximum absolute atomic E-state index is 10.6. The highest BCUT2D eigenvalue weighted by Gasteiger charge is 2.26. The summed E-state index contributed by atoms with van der Waals surface area (Å²) in [6.07, 6.45) is 0.0759. The van der Waals surface area contributed by atoms with E-state index in [1.807, 2.05) is 57.2 Å². The van der Waals surface area contributed by atoms with E-state index in [1.165, 1.54) is 5.56 Å². The molecule has 0 amide bonds. The van der Waals surface area contributed by atoms with Crippen molar-refractivity contribution in [2.24, 2.45) is 5.16 Å². The first-order valence-corrected chi connectivity index (χ1v) is 11.1. The van der Waals surface area contributed by atoms with Crippen molar-refractivity contribution < 1.29 is 14.7 Å². The summed E-state index contributed by atoms with van der Waals surface area (Å²) in [7, 11) is 0. The molecule has 168 valence electrons. The molecule has 0 bridgehead atoms. The van der Waals surface area contributed by atoms with Crippen molar-refractivity contribution in [3.8, 4) is 0 Å². The Bertz CT molecular complexity index is 894. The molecule has 0 saturated heterocycles. The van der Waals surface area contributed by atoms with E-state index < -0.39 is 6.10 Å². The summed E-state index contributed by atoms with van der Waals surface area (Å²) < 4.78 is 5.77. The van der Waals surface area contributed by atoms with Crippen LogP contribution in [0.15, 0.2) is 53.7 Å². The molecule has 1 aliphatic rings. The van der Waals surface area contributed by atoms with Gasteiger partial charge in [-0.15, -0.1) is 0 Å². The summed E-state index contributed by atoms with van der Waals surface area (Å²) in [5, 5.41) is 15.7. The number of aliphatic hydroxyl groups excluding tert-OH is 1. The molecule has 3 rings (SSSR count). The van der Waals surface area contributed by atoms with Crippen LogP contribution in [-0.4, -0.2) is 53.2 Å². The van der Waals surface area contributed by atoms with E-state index in [0.717, 1.165) is 23.3 Å². The first-order chi connectivity index (χ1) is 14.7. The first kappa shape index (κ1) is 23.7. The molecule has 0 radical (unpaired) electrons. The topological polar surface area (TPSA) is 54.3 Å². The predicted molar refractivity (Wildman–Crippen MR) is 126 cm³/mol. The quantitative estimate of drug-likeness (QED) is 0.602. The van der Waals surface area contributed by atoms with Crippen LogP contribution in [-0.2, 0) is 16.1 Å². The van der Waals surface area contributed by atoms with Crippen LogP contribution < -0.4 is 0 Å². The van der Waals surface area contributed by atoms with Crippen LogP contribution in [0.5, 0.6) is 0 Å². The van der Waals surface area contributed by atoms with Crippen LogP contribution in [0.3, 0.4) is 0 Å². The van der Waals surface area contributed by atoms with Gasteiger partial charge in [-0.1, -0.05) is 53.2 Å². The first-order valence-electron chi connectivity index (χ1n) is 10.8. The summed E-state index contributed by atoms with van der Waals surface area (Å²) in [5.74, 6) is 0. The second kappa shape index (κ2) is 10.6. The fourth-order valence-electron chi connectivity index (χ4n) is 3.66. The Kier molecular flexibility index (Phi) is 8.11. The number of rotatable bonds is 9. The van der Waals surface area contributed by atoms with E-state index in [-0.39, 0.29) is 18.3 Å². The SMILES string of the molecule is Cc1ccccc1C1=NO[C@H](CN(Cc2cccc(Cl)c2)C[C@@H](O)COC(C)(C)C)C1. The lowest BCUT2D eigenvalue weighted by Gasteiger charge is -2.28. The number of oxime groups is 1. The van der Waals surface area contributed by atoms with Crippen molar-refractivity contribution in [2.45, 2.75) is 58.5 Å². The molecule has 0 spiro atoms. The maximum Gasteiger partial charge on any atom is 0.145 e. The molecule has 0 unspecified atom stereocenters. The van der Waals surface area contributed by atoms with E-state index in [1.54, 1.807) is 0 Å². The highest BCUT2D eigenvalue weighted by molar-refractivity contribution is 6.30. The molecule has 1 aliphatic heterocycles. The van der Waals surface area contributed by atoms with Gasteiger partial charge in [-0.25, -0.2) is 0 Å². The minimum Gasteiger partial charge on any atom is -0.390 e. The minimum atomic E-state index is -0.600. The highest BCUT2D eigenvalue weighted by Crippen LogP contribution is 2.21. The van der Waals surface area contributed by atoms with Crippen LogP contribution in [0.2, 0.25) is 5.02 Å². The van der Waals surface area contributed by atoms with E-state index in [4.69, 9.17) is 21.2 Å². The van der Waals surface area contributed by atoms with Gasteiger partial charge in [0, 0.05) is 36.6 Å². The summed E-state index contributed by atoms with van der Waals surface area (Å²) in [6.45, 7) is 10.1. The second-order valence-corrected chi connectivity index (χ2v) is 9.62. The van der Waals surface area contributed by atoms with Gasteiger partial charge >= 0.3 is 0 Å². The van der Waals surface area contributed by atoms with Crippen LogP contribution in [0.25, 0.3) is 0 Å². The molecular formula is C25H33ClN2O3. The molecule has 5 nitrogen and oxygen atoms in total. The Labute approximate surface area is 190 Å². The summed E-state index contributed by atoms with van der Waals surface area (Å²) in [5.41, 5.74) is 4.10. The van der Waals surface area contributed by atoms with Gasteiger partial charge < -0.3 is 14.7 Å². The molecule has 1 heterocycles. The lowest BCUT2D eigenvalue weighted by Crippen LogP contribution is -2.40. The average molecular weight is 445 g/mol. The number of ether oxygens (including phenoxy) is 1. The number of halogens is 1. The molecule has 0 aromatic heterocycles. The van der Waals surface area contributed by atoms with E-state index in [9.17, 15) is 5.11 Å². The lowest BCUT2D eigenvalue weighted by atomic mass is 10.00. The van der Waals surface area contributed by atoms with Crippen molar-refractivity contribution >= 4 is 17.3 Å². The van der Waals surface area contributed by atoms with Gasteiger partial charge in [0.25, 0.3) is 0 Å². The zero-order valence-corrected chi connectivity index (χ0v) is 19.6. The molecule has 0 fully saturated rings. The third kappa shape index (κ3) is 7.62.